The number of nitrogens with zero attached hydrogens (tertiary/aromatic N) is 1. The first-order valence-electron chi connectivity index (χ1n) is 5.48. The number of halogens is 1. The number of anilines is 2. The fraction of sp³-hybridized carbons (Fsp3) is 0.0769. The van der Waals surface area contributed by atoms with Crippen LogP contribution >= 0.6 is 0 Å². The van der Waals surface area contributed by atoms with E-state index < -0.39 is 11.7 Å². The Bertz CT molecular complexity index is 596. The molecule has 2 aromatic rings. The molecule has 98 valence electrons. The molecule has 5 nitrogen and oxygen atoms in total. The van der Waals surface area contributed by atoms with Crippen molar-refractivity contribution in [3.05, 3.63) is 47.9 Å². The van der Waals surface area contributed by atoms with Crippen LogP contribution < -0.4 is 15.8 Å². The van der Waals surface area contributed by atoms with Crippen LogP contribution in [0.15, 0.2) is 36.5 Å². The maximum atomic E-state index is 13.6. The second kappa shape index (κ2) is 5.34. The highest BCUT2D eigenvalue weighted by Gasteiger charge is 2.16. The number of pyridine rings is 1. The van der Waals surface area contributed by atoms with Gasteiger partial charge in [-0.15, -0.1) is 0 Å². The normalized spacial score (nSPS) is 10.0. The minimum Gasteiger partial charge on any atom is -0.480 e. The Kier molecular flexibility index (Phi) is 3.61. The zero-order valence-electron chi connectivity index (χ0n) is 10.2. The summed E-state index contributed by atoms with van der Waals surface area (Å²) in [6.07, 6.45) is 1.49. The highest BCUT2D eigenvalue weighted by molar-refractivity contribution is 6.07. The molecule has 0 saturated carbocycles. The molecule has 6 heteroatoms. The van der Waals surface area contributed by atoms with Gasteiger partial charge >= 0.3 is 0 Å². The van der Waals surface area contributed by atoms with E-state index in [-0.39, 0.29) is 22.8 Å². The number of carbonyl (C=O) groups is 1. The quantitative estimate of drug-likeness (QED) is 0.829. The van der Waals surface area contributed by atoms with Gasteiger partial charge in [-0.05, 0) is 24.3 Å². The second-order valence-corrected chi connectivity index (χ2v) is 3.72. The standard InChI is InChI=1S/C13H12FN3O2/c1-19-13-8(4-3-7-16-13)12(18)17-11-9(14)5-2-6-10(11)15/h2-7H,15H2,1H3,(H,17,18). The van der Waals surface area contributed by atoms with Gasteiger partial charge in [-0.3, -0.25) is 4.79 Å². The summed E-state index contributed by atoms with van der Waals surface area (Å²) in [5.74, 6) is -0.979. The molecule has 1 heterocycles. The number of nitrogen functional groups attached to an aromatic ring is 1. The van der Waals surface area contributed by atoms with Crippen LogP contribution in [0.25, 0.3) is 0 Å². The summed E-state index contributed by atoms with van der Waals surface area (Å²) in [4.78, 5) is 15.9. The lowest BCUT2D eigenvalue weighted by Crippen LogP contribution is -2.15. The molecule has 0 saturated heterocycles. The van der Waals surface area contributed by atoms with Crippen molar-refractivity contribution in [1.82, 2.24) is 4.98 Å². The molecular weight excluding hydrogens is 249 g/mol. The van der Waals surface area contributed by atoms with Crippen molar-refractivity contribution < 1.29 is 13.9 Å². The fourth-order valence-corrected chi connectivity index (χ4v) is 1.58. The number of methoxy groups -OCH3 is 1. The lowest BCUT2D eigenvalue weighted by atomic mass is 10.2. The Hall–Kier alpha value is -2.63. The van der Waals surface area contributed by atoms with Crippen LogP contribution in [0.5, 0.6) is 5.88 Å². The maximum absolute atomic E-state index is 13.6. The third-order valence-corrected chi connectivity index (χ3v) is 2.49. The highest BCUT2D eigenvalue weighted by Crippen LogP contribution is 2.23. The summed E-state index contributed by atoms with van der Waals surface area (Å²) in [6, 6.07) is 7.29. The second-order valence-electron chi connectivity index (χ2n) is 3.72. The number of carbonyl (C=O) groups excluding carboxylic acids is 1. The van der Waals surface area contributed by atoms with E-state index in [1.807, 2.05) is 0 Å². The minimum atomic E-state index is -0.601. The molecule has 0 unspecified atom stereocenters. The highest BCUT2D eigenvalue weighted by atomic mass is 19.1. The van der Waals surface area contributed by atoms with Gasteiger partial charge in [0.05, 0.1) is 12.8 Å². The number of rotatable bonds is 3. The number of amides is 1. The van der Waals surface area contributed by atoms with Gasteiger partial charge in [-0.25, -0.2) is 9.37 Å². The summed E-state index contributed by atoms with van der Waals surface area (Å²) < 4.78 is 18.5. The summed E-state index contributed by atoms with van der Waals surface area (Å²) in [6.45, 7) is 0. The number of hydrogen-bond donors (Lipinski definition) is 2. The van der Waals surface area contributed by atoms with Crippen molar-refractivity contribution in [3.8, 4) is 5.88 Å². The lowest BCUT2D eigenvalue weighted by Gasteiger charge is -2.10. The number of benzene rings is 1. The van der Waals surface area contributed by atoms with Crippen molar-refractivity contribution in [3.63, 3.8) is 0 Å². The molecule has 0 atom stereocenters. The van der Waals surface area contributed by atoms with Crippen LogP contribution in [0.3, 0.4) is 0 Å². The predicted molar refractivity (Wildman–Crippen MR) is 69.6 cm³/mol. The van der Waals surface area contributed by atoms with Crippen molar-refractivity contribution in [1.29, 1.82) is 0 Å². The summed E-state index contributed by atoms with van der Waals surface area (Å²) >= 11 is 0. The van der Waals surface area contributed by atoms with Gasteiger partial charge < -0.3 is 15.8 Å². The fourth-order valence-electron chi connectivity index (χ4n) is 1.58. The number of para-hydroxylation sites is 1. The number of ether oxygens (including phenoxy) is 1. The zero-order chi connectivity index (χ0) is 13.8. The Morgan fingerprint density at radius 3 is 2.84 bits per heavy atom. The van der Waals surface area contributed by atoms with Gasteiger partial charge in [0.15, 0.2) is 0 Å². The molecule has 0 radical (unpaired) electrons. The van der Waals surface area contributed by atoms with Crippen molar-refractivity contribution in [2.24, 2.45) is 0 Å². The van der Waals surface area contributed by atoms with Crippen LogP contribution in [0.2, 0.25) is 0 Å². The zero-order valence-corrected chi connectivity index (χ0v) is 10.2. The molecule has 1 aromatic heterocycles. The smallest absolute Gasteiger partial charge is 0.261 e. The van der Waals surface area contributed by atoms with Crippen molar-refractivity contribution >= 4 is 17.3 Å². The van der Waals surface area contributed by atoms with E-state index in [4.69, 9.17) is 10.5 Å². The molecule has 0 aliphatic heterocycles. The summed E-state index contributed by atoms with van der Waals surface area (Å²) in [7, 11) is 1.40. The molecule has 0 spiro atoms. The first-order valence-corrected chi connectivity index (χ1v) is 5.48. The Morgan fingerprint density at radius 2 is 2.16 bits per heavy atom. The molecular formula is C13H12FN3O2. The molecule has 1 aromatic carbocycles. The van der Waals surface area contributed by atoms with Gasteiger partial charge in [-0.1, -0.05) is 6.07 Å². The molecule has 2 rings (SSSR count). The number of hydrogen-bond acceptors (Lipinski definition) is 4. The molecule has 0 fully saturated rings. The average Bonchev–Trinajstić information content (AvgIpc) is 2.42. The van der Waals surface area contributed by atoms with Crippen molar-refractivity contribution in [2.45, 2.75) is 0 Å². The van der Waals surface area contributed by atoms with Crippen LogP contribution in [-0.2, 0) is 0 Å². The van der Waals surface area contributed by atoms with Crippen LogP contribution in [0.1, 0.15) is 10.4 Å². The predicted octanol–water partition coefficient (Wildman–Crippen LogP) is 2.06. The Labute approximate surface area is 109 Å². The third kappa shape index (κ3) is 2.62. The van der Waals surface area contributed by atoms with Crippen molar-refractivity contribution in [2.75, 3.05) is 18.2 Å². The van der Waals surface area contributed by atoms with E-state index in [0.29, 0.717) is 0 Å². The number of nitrogens with two attached hydrogens (primary N) is 1. The molecule has 0 aliphatic carbocycles. The van der Waals surface area contributed by atoms with E-state index >= 15 is 0 Å². The number of aromatic nitrogens is 1. The molecule has 0 bridgehead atoms. The molecule has 1 amide bonds. The third-order valence-electron chi connectivity index (χ3n) is 2.49. The summed E-state index contributed by atoms with van der Waals surface area (Å²) in [5.41, 5.74) is 5.91. The van der Waals surface area contributed by atoms with E-state index in [1.165, 1.54) is 37.6 Å². The maximum Gasteiger partial charge on any atom is 0.261 e. The SMILES string of the molecule is COc1ncccc1C(=O)Nc1c(N)cccc1F. The topological polar surface area (TPSA) is 77.2 Å². The lowest BCUT2D eigenvalue weighted by molar-refractivity contribution is 0.102. The van der Waals surface area contributed by atoms with Gasteiger partial charge in [0.1, 0.15) is 17.1 Å². The largest absolute Gasteiger partial charge is 0.480 e. The molecule has 3 N–H and O–H groups in total. The monoisotopic (exact) mass is 261 g/mol. The number of nitrogens with one attached hydrogen (secondary N) is 1. The van der Waals surface area contributed by atoms with Gasteiger partial charge in [0, 0.05) is 6.20 Å². The van der Waals surface area contributed by atoms with Crippen LogP contribution in [0, 0.1) is 5.82 Å². The Balaban J connectivity index is 2.31. The van der Waals surface area contributed by atoms with Gasteiger partial charge in [0.2, 0.25) is 5.88 Å². The molecule has 19 heavy (non-hydrogen) atoms. The first kappa shape index (κ1) is 12.8. The Morgan fingerprint density at radius 1 is 1.37 bits per heavy atom. The molecule has 0 aliphatic rings. The minimum absolute atomic E-state index is 0.0570. The van der Waals surface area contributed by atoms with Gasteiger partial charge in [-0.2, -0.15) is 0 Å². The van der Waals surface area contributed by atoms with E-state index in [2.05, 4.69) is 10.3 Å². The van der Waals surface area contributed by atoms with E-state index in [1.54, 1.807) is 6.07 Å². The first-order chi connectivity index (χ1) is 9.13. The summed E-state index contributed by atoms with van der Waals surface area (Å²) in [5, 5.41) is 2.41. The van der Waals surface area contributed by atoms with E-state index in [9.17, 15) is 9.18 Å². The van der Waals surface area contributed by atoms with E-state index in [0.717, 1.165) is 0 Å². The van der Waals surface area contributed by atoms with Gasteiger partial charge in [0.25, 0.3) is 5.91 Å². The van der Waals surface area contributed by atoms with Crippen LogP contribution in [-0.4, -0.2) is 18.0 Å². The van der Waals surface area contributed by atoms with Crippen LogP contribution in [0.4, 0.5) is 15.8 Å². The average molecular weight is 261 g/mol.